The van der Waals surface area contributed by atoms with Gasteiger partial charge in [0.15, 0.2) is 0 Å². The summed E-state index contributed by atoms with van der Waals surface area (Å²) in [6, 6.07) is 15.5. The van der Waals surface area contributed by atoms with Gasteiger partial charge in [-0.25, -0.2) is 14.4 Å². The molecule has 3 unspecified atom stereocenters. The Bertz CT molecular complexity index is 2430. The first kappa shape index (κ1) is 64.4. The Kier molecular flexibility index (Phi) is 25.9. The van der Waals surface area contributed by atoms with Gasteiger partial charge >= 0.3 is 53.7 Å². The lowest BCUT2D eigenvalue weighted by Gasteiger charge is -2.31. The van der Waals surface area contributed by atoms with Crippen molar-refractivity contribution >= 4 is 53.7 Å². The summed E-state index contributed by atoms with van der Waals surface area (Å²) < 4.78 is 49.0. The SMILES string of the molecule is C=C(C)C(=O)OCC(C)OC(=O)Cc1cc(CC(=O)OCC(CC)(COC(=O)Cc2ccc(C)c(CC(=O)OC(C)COC(=O)C(=C)C)c2)COC(=O)Cc2ccc(C)c(CC(=O)OC(C)COC(=O)C(=C)C)c2)ccc1C. The first-order chi connectivity index (χ1) is 36.7. The third-order valence-electron chi connectivity index (χ3n) is 12.0. The maximum absolute atomic E-state index is 13.5. The zero-order valence-electron chi connectivity index (χ0n) is 46.6. The van der Waals surface area contributed by atoms with E-state index in [0.717, 1.165) is 16.7 Å². The van der Waals surface area contributed by atoms with Crippen LogP contribution in [0, 0.1) is 26.2 Å². The summed E-state index contributed by atoms with van der Waals surface area (Å²) in [5, 5.41) is 0. The van der Waals surface area contributed by atoms with Crippen molar-refractivity contribution in [3.63, 3.8) is 0 Å². The molecule has 3 aromatic rings. The molecule has 0 aromatic heterocycles. The molecular formula is C60H74O18. The molecule has 0 fully saturated rings. The molecule has 0 amide bonds. The van der Waals surface area contributed by atoms with Crippen molar-refractivity contribution in [2.75, 3.05) is 39.6 Å². The number of carbonyl (C=O) groups excluding carboxylic acids is 9. The minimum atomic E-state index is -1.23. The van der Waals surface area contributed by atoms with Crippen LogP contribution in [-0.2, 0) is 124 Å². The summed E-state index contributed by atoms with van der Waals surface area (Å²) in [7, 11) is 0. The normalized spacial score (nSPS) is 12.7. The van der Waals surface area contributed by atoms with E-state index in [4.69, 9.17) is 42.6 Å². The van der Waals surface area contributed by atoms with Gasteiger partial charge < -0.3 is 42.6 Å². The van der Waals surface area contributed by atoms with Crippen LogP contribution in [0.5, 0.6) is 0 Å². The minimum Gasteiger partial charge on any atom is -0.465 e. The van der Waals surface area contributed by atoms with E-state index in [9.17, 15) is 43.2 Å². The summed E-state index contributed by atoms with van der Waals surface area (Å²) in [6.45, 7) is 25.6. The van der Waals surface area contributed by atoms with Crippen molar-refractivity contribution < 1.29 is 85.8 Å². The van der Waals surface area contributed by atoms with Crippen LogP contribution in [0.15, 0.2) is 91.1 Å². The van der Waals surface area contributed by atoms with Gasteiger partial charge in [-0.05, 0) is 119 Å². The Morgan fingerprint density at radius 2 is 0.667 bits per heavy atom. The molecule has 18 heteroatoms. The van der Waals surface area contributed by atoms with Gasteiger partial charge in [0.1, 0.15) is 58.0 Å². The standard InChI is InChI=1S/C60H74O18/c1-14-60(33-73-51(61)24-45-18-15-39(8)48(21-45)27-54(64)76-42(11)30-70-57(67)36(2)3,34-74-52(62)25-46-19-16-40(9)49(22-46)28-55(65)77-43(12)31-71-58(68)37(4)5)35-75-53(63)26-47-20-17-41(10)50(23-47)29-56(66)78-44(13)32-72-59(69)38(6)7/h15-23,42-44H,2,4,6,14,24-35H2,1,3,5,7-13H3. The third-order valence-corrected chi connectivity index (χ3v) is 12.0. The summed E-state index contributed by atoms with van der Waals surface area (Å²) in [6.07, 6.45) is -2.93. The summed E-state index contributed by atoms with van der Waals surface area (Å²) >= 11 is 0. The van der Waals surface area contributed by atoms with Crippen LogP contribution < -0.4 is 0 Å². The molecule has 0 spiro atoms. The van der Waals surface area contributed by atoms with Gasteiger partial charge in [-0.1, -0.05) is 81.3 Å². The molecule has 0 saturated heterocycles. The maximum atomic E-state index is 13.5. The summed E-state index contributed by atoms with van der Waals surface area (Å²) in [5.41, 5.74) is 5.10. The van der Waals surface area contributed by atoms with Crippen molar-refractivity contribution in [1.29, 1.82) is 0 Å². The zero-order chi connectivity index (χ0) is 58.3. The van der Waals surface area contributed by atoms with Crippen LogP contribution in [0.25, 0.3) is 0 Å². The molecule has 78 heavy (non-hydrogen) atoms. The number of aryl methyl sites for hydroxylation is 3. The van der Waals surface area contributed by atoms with Crippen LogP contribution in [0.1, 0.15) is 105 Å². The third kappa shape index (κ3) is 23.2. The number of carbonyl (C=O) groups is 9. The maximum Gasteiger partial charge on any atom is 0.333 e. The zero-order valence-corrected chi connectivity index (χ0v) is 46.6. The Morgan fingerprint density at radius 3 is 0.897 bits per heavy atom. The number of rotatable bonds is 31. The number of hydrogen-bond donors (Lipinski definition) is 0. The number of ether oxygens (including phenoxy) is 9. The van der Waals surface area contributed by atoms with Crippen molar-refractivity contribution in [1.82, 2.24) is 0 Å². The van der Waals surface area contributed by atoms with Gasteiger partial charge in [0.25, 0.3) is 0 Å². The van der Waals surface area contributed by atoms with Crippen LogP contribution in [0.2, 0.25) is 0 Å². The van der Waals surface area contributed by atoms with Gasteiger partial charge in [0, 0.05) is 16.7 Å². The molecule has 422 valence electrons. The highest BCUT2D eigenvalue weighted by atomic mass is 16.6. The Morgan fingerprint density at radius 1 is 0.410 bits per heavy atom. The number of esters is 9. The highest BCUT2D eigenvalue weighted by Gasteiger charge is 2.35. The lowest BCUT2D eigenvalue weighted by atomic mass is 9.88. The Labute approximate surface area is 456 Å². The van der Waals surface area contributed by atoms with E-state index in [1.54, 1.807) is 103 Å². The molecule has 0 aliphatic rings. The van der Waals surface area contributed by atoms with E-state index in [2.05, 4.69) is 19.7 Å². The minimum absolute atomic E-state index is 0.124. The van der Waals surface area contributed by atoms with E-state index in [-0.39, 0.29) is 101 Å². The largest absolute Gasteiger partial charge is 0.465 e. The van der Waals surface area contributed by atoms with E-state index in [0.29, 0.717) is 33.4 Å². The Hall–Kier alpha value is -7.89. The van der Waals surface area contributed by atoms with Gasteiger partial charge in [0.2, 0.25) is 0 Å². The monoisotopic (exact) mass is 1080 g/mol. The second-order valence-corrected chi connectivity index (χ2v) is 19.7. The van der Waals surface area contributed by atoms with Crippen LogP contribution in [0.3, 0.4) is 0 Å². The smallest absolute Gasteiger partial charge is 0.333 e. The molecular weight excluding hydrogens is 1010 g/mol. The first-order valence-corrected chi connectivity index (χ1v) is 25.5. The molecule has 0 N–H and O–H groups in total. The van der Waals surface area contributed by atoms with Crippen molar-refractivity contribution in [3.05, 3.63) is 141 Å². The molecule has 0 bridgehead atoms. The quantitative estimate of drug-likeness (QED) is 0.0345. The van der Waals surface area contributed by atoms with Crippen molar-refractivity contribution in [2.45, 2.75) is 132 Å². The molecule has 0 aliphatic heterocycles. The molecule has 0 saturated carbocycles. The molecule has 0 aliphatic carbocycles. The van der Waals surface area contributed by atoms with Gasteiger partial charge in [-0.3, -0.25) is 28.8 Å². The van der Waals surface area contributed by atoms with Gasteiger partial charge in [-0.15, -0.1) is 0 Å². The molecule has 18 nitrogen and oxygen atoms in total. The van der Waals surface area contributed by atoms with Gasteiger partial charge in [0.05, 0.1) is 43.9 Å². The van der Waals surface area contributed by atoms with Crippen molar-refractivity contribution in [3.8, 4) is 0 Å². The molecule has 0 heterocycles. The number of hydrogen-bond acceptors (Lipinski definition) is 18. The first-order valence-electron chi connectivity index (χ1n) is 25.5. The van der Waals surface area contributed by atoms with Gasteiger partial charge in [-0.2, -0.15) is 0 Å². The molecule has 0 radical (unpaired) electrons. The summed E-state index contributed by atoms with van der Waals surface area (Å²) in [4.78, 5) is 114. The van der Waals surface area contributed by atoms with Crippen LogP contribution in [-0.4, -0.2) is 112 Å². The fourth-order valence-corrected chi connectivity index (χ4v) is 7.18. The molecule has 3 atom stereocenters. The average Bonchev–Trinajstić information content (AvgIpc) is 3.36. The van der Waals surface area contributed by atoms with Crippen LogP contribution >= 0.6 is 0 Å². The molecule has 3 rings (SSSR count). The fraction of sp³-hybridized carbons (Fsp3) is 0.450. The highest BCUT2D eigenvalue weighted by Crippen LogP contribution is 2.26. The number of benzene rings is 3. The van der Waals surface area contributed by atoms with E-state index < -0.39 is 77.5 Å². The molecule has 3 aromatic carbocycles. The lowest BCUT2D eigenvalue weighted by Crippen LogP contribution is -2.39. The predicted molar refractivity (Wildman–Crippen MR) is 285 cm³/mol. The van der Waals surface area contributed by atoms with Crippen molar-refractivity contribution in [2.24, 2.45) is 5.41 Å². The lowest BCUT2D eigenvalue weighted by molar-refractivity contribution is -0.161. The van der Waals surface area contributed by atoms with Crippen LogP contribution in [0.4, 0.5) is 0 Å². The fourth-order valence-electron chi connectivity index (χ4n) is 7.18. The second kappa shape index (κ2) is 31.4. The van der Waals surface area contributed by atoms with E-state index >= 15 is 0 Å². The highest BCUT2D eigenvalue weighted by molar-refractivity contribution is 5.88. The topological polar surface area (TPSA) is 237 Å². The second-order valence-electron chi connectivity index (χ2n) is 19.7. The Balaban J connectivity index is 1.76. The average molecular weight is 1080 g/mol. The van der Waals surface area contributed by atoms with E-state index in [1.165, 1.54) is 20.8 Å². The summed E-state index contributed by atoms with van der Waals surface area (Å²) in [5.74, 6) is -5.49. The predicted octanol–water partition coefficient (Wildman–Crippen LogP) is 7.45. The van der Waals surface area contributed by atoms with E-state index in [1.807, 2.05) is 0 Å².